The summed E-state index contributed by atoms with van der Waals surface area (Å²) in [5, 5.41) is 4.66. The van der Waals surface area contributed by atoms with Crippen LogP contribution in [0.3, 0.4) is 0 Å². The third-order valence-corrected chi connectivity index (χ3v) is 4.95. The van der Waals surface area contributed by atoms with E-state index >= 15 is 0 Å². The van der Waals surface area contributed by atoms with Gasteiger partial charge in [-0.25, -0.2) is 0 Å². The van der Waals surface area contributed by atoms with Crippen LogP contribution in [-0.2, 0) is 6.42 Å². The van der Waals surface area contributed by atoms with Crippen LogP contribution in [0.4, 0.5) is 5.69 Å². The van der Waals surface area contributed by atoms with Gasteiger partial charge in [0.05, 0.1) is 11.1 Å². The molecule has 2 aromatic carbocycles. The average molecular weight is 384 g/mol. The molecule has 0 fully saturated rings. The van der Waals surface area contributed by atoms with Crippen molar-refractivity contribution in [2.24, 2.45) is 0 Å². The van der Waals surface area contributed by atoms with Gasteiger partial charge in [-0.1, -0.05) is 16.8 Å². The lowest BCUT2D eigenvalue weighted by molar-refractivity contribution is 0.242. The van der Waals surface area contributed by atoms with Crippen LogP contribution < -0.4 is 9.64 Å². The Morgan fingerprint density at radius 3 is 2.74 bits per heavy atom. The minimum absolute atomic E-state index is 0.0631. The largest absolute Gasteiger partial charge is 0.489 e. The van der Waals surface area contributed by atoms with Gasteiger partial charge in [0.2, 0.25) is 5.82 Å². The van der Waals surface area contributed by atoms with Gasteiger partial charge in [-0.05, 0) is 68.7 Å². The van der Waals surface area contributed by atoms with Gasteiger partial charge in [-0.3, -0.25) is 0 Å². The number of fused-ring (bicyclic) bond motifs is 1. The Morgan fingerprint density at radius 1 is 1.15 bits per heavy atom. The van der Waals surface area contributed by atoms with E-state index in [9.17, 15) is 0 Å². The molecule has 0 radical (unpaired) electrons. The summed E-state index contributed by atoms with van der Waals surface area (Å²) in [6, 6.07) is 11.8. The second kappa shape index (κ2) is 7.24. The number of anilines is 1. The molecular weight excluding hydrogens is 362 g/mol. The molecule has 1 aliphatic rings. The lowest BCUT2D eigenvalue weighted by atomic mass is 9.99. The molecule has 2 heterocycles. The Labute approximate surface area is 163 Å². The van der Waals surface area contributed by atoms with E-state index in [0.717, 1.165) is 30.5 Å². The van der Waals surface area contributed by atoms with E-state index in [0.29, 0.717) is 22.5 Å². The number of benzene rings is 2. The van der Waals surface area contributed by atoms with Crippen molar-refractivity contribution >= 4 is 17.3 Å². The van der Waals surface area contributed by atoms with Gasteiger partial charge in [-0.2, -0.15) is 4.98 Å². The van der Waals surface area contributed by atoms with E-state index < -0.39 is 0 Å². The van der Waals surface area contributed by atoms with Crippen LogP contribution in [0.2, 0.25) is 5.02 Å². The maximum atomic E-state index is 6.32. The topological polar surface area (TPSA) is 51.4 Å². The third-order valence-electron chi connectivity index (χ3n) is 4.66. The fraction of sp³-hybridized carbons (Fsp3) is 0.333. The molecule has 0 saturated heterocycles. The van der Waals surface area contributed by atoms with Gasteiger partial charge >= 0.3 is 0 Å². The van der Waals surface area contributed by atoms with Gasteiger partial charge in [0.15, 0.2) is 0 Å². The average Bonchev–Trinajstić information content (AvgIpc) is 3.13. The van der Waals surface area contributed by atoms with Crippen molar-refractivity contribution in [3.63, 3.8) is 0 Å². The molecule has 0 amide bonds. The molecule has 0 bridgehead atoms. The highest BCUT2D eigenvalue weighted by atomic mass is 35.5. The Hall–Kier alpha value is -2.53. The quantitative estimate of drug-likeness (QED) is 0.617. The summed E-state index contributed by atoms with van der Waals surface area (Å²) >= 11 is 6.32. The summed E-state index contributed by atoms with van der Waals surface area (Å²) in [6.45, 7) is 5.02. The van der Waals surface area contributed by atoms with Crippen molar-refractivity contribution in [1.82, 2.24) is 10.1 Å². The Kier molecular flexibility index (Phi) is 4.79. The van der Waals surface area contributed by atoms with Crippen molar-refractivity contribution < 1.29 is 9.26 Å². The number of aromatic nitrogens is 2. The summed E-state index contributed by atoms with van der Waals surface area (Å²) in [5.74, 6) is 1.68. The van der Waals surface area contributed by atoms with Crippen LogP contribution in [0.25, 0.3) is 22.8 Å². The molecular formula is C21H22ClN3O2. The van der Waals surface area contributed by atoms with Crippen LogP contribution in [0.5, 0.6) is 5.75 Å². The predicted molar refractivity (Wildman–Crippen MR) is 108 cm³/mol. The highest BCUT2D eigenvalue weighted by Crippen LogP contribution is 2.33. The van der Waals surface area contributed by atoms with Gasteiger partial charge in [-0.15, -0.1) is 0 Å². The third kappa shape index (κ3) is 3.65. The minimum atomic E-state index is 0.0631. The molecule has 140 valence electrons. The predicted octanol–water partition coefficient (Wildman–Crippen LogP) is 5.23. The van der Waals surface area contributed by atoms with E-state index in [4.69, 9.17) is 20.9 Å². The fourth-order valence-electron chi connectivity index (χ4n) is 3.37. The fourth-order valence-corrected chi connectivity index (χ4v) is 3.59. The highest BCUT2D eigenvalue weighted by Gasteiger charge is 2.17. The molecule has 1 aromatic heterocycles. The normalized spacial score (nSPS) is 13.7. The van der Waals surface area contributed by atoms with Gasteiger partial charge in [0.1, 0.15) is 5.75 Å². The molecule has 0 atom stereocenters. The van der Waals surface area contributed by atoms with Crippen LogP contribution in [0.15, 0.2) is 40.9 Å². The lowest BCUT2D eigenvalue weighted by Gasteiger charge is -2.27. The molecule has 0 spiro atoms. The first kappa shape index (κ1) is 17.9. The Bertz CT molecular complexity index is 968. The summed E-state index contributed by atoms with van der Waals surface area (Å²) in [5.41, 5.74) is 4.33. The molecule has 27 heavy (non-hydrogen) atoms. The maximum absolute atomic E-state index is 6.32. The summed E-state index contributed by atoms with van der Waals surface area (Å²) in [4.78, 5) is 6.84. The van der Waals surface area contributed by atoms with Crippen molar-refractivity contribution in [3.8, 4) is 28.6 Å². The summed E-state index contributed by atoms with van der Waals surface area (Å²) in [6.07, 6.45) is 2.29. The molecule has 0 N–H and O–H groups in total. The maximum Gasteiger partial charge on any atom is 0.258 e. The van der Waals surface area contributed by atoms with Crippen molar-refractivity contribution in [3.05, 3.63) is 47.0 Å². The van der Waals surface area contributed by atoms with Crippen LogP contribution in [0.1, 0.15) is 25.8 Å². The smallest absolute Gasteiger partial charge is 0.258 e. The second-order valence-electron chi connectivity index (χ2n) is 7.10. The van der Waals surface area contributed by atoms with Crippen molar-refractivity contribution in [2.75, 3.05) is 18.5 Å². The number of aryl methyl sites for hydroxylation is 1. The lowest BCUT2D eigenvalue weighted by Crippen LogP contribution is -2.24. The Morgan fingerprint density at radius 2 is 1.96 bits per heavy atom. The van der Waals surface area contributed by atoms with E-state index in [1.165, 1.54) is 11.3 Å². The Balaban J connectivity index is 1.61. The van der Waals surface area contributed by atoms with Gasteiger partial charge < -0.3 is 14.2 Å². The first-order valence-electron chi connectivity index (χ1n) is 9.16. The molecule has 5 nitrogen and oxygen atoms in total. The SMILES string of the molecule is CC(C)Oc1ccc(-c2noc(-c3ccc4c(c3)CCCN4C)n2)cc1Cl. The van der Waals surface area contributed by atoms with E-state index in [1.807, 2.05) is 32.0 Å². The summed E-state index contributed by atoms with van der Waals surface area (Å²) < 4.78 is 11.2. The van der Waals surface area contributed by atoms with Crippen molar-refractivity contribution in [2.45, 2.75) is 32.8 Å². The monoisotopic (exact) mass is 383 g/mol. The molecule has 6 heteroatoms. The van der Waals surface area contributed by atoms with Crippen LogP contribution in [-0.4, -0.2) is 29.8 Å². The molecule has 0 aliphatic carbocycles. The standard InChI is InChI=1S/C21H22ClN3O2/c1-13(2)26-19-9-7-15(12-17(19)22)20-23-21(27-24-20)16-6-8-18-14(11-16)5-4-10-25(18)3/h6-9,11-13H,4-5,10H2,1-3H3. The minimum Gasteiger partial charge on any atom is -0.489 e. The molecule has 4 rings (SSSR count). The van der Waals surface area contributed by atoms with Crippen LogP contribution >= 0.6 is 11.6 Å². The number of hydrogen-bond acceptors (Lipinski definition) is 5. The number of nitrogens with zero attached hydrogens (tertiary/aromatic N) is 3. The van der Waals surface area contributed by atoms with E-state index in [2.05, 4.69) is 34.2 Å². The van der Waals surface area contributed by atoms with E-state index in [-0.39, 0.29) is 6.10 Å². The molecule has 0 unspecified atom stereocenters. The number of ether oxygens (including phenoxy) is 1. The van der Waals surface area contributed by atoms with Crippen LogP contribution in [0, 0.1) is 0 Å². The zero-order chi connectivity index (χ0) is 19.0. The second-order valence-corrected chi connectivity index (χ2v) is 7.51. The zero-order valence-electron chi connectivity index (χ0n) is 15.7. The first-order chi connectivity index (χ1) is 13.0. The first-order valence-corrected chi connectivity index (χ1v) is 9.54. The summed E-state index contributed by atoms with van der Waals surface area (Å²) in [7, 11) is 2.12. The highest BCUT2D eigenvalue weighted by molar-refractivity contribution is 6.32. The number of halogens is 1. The van der Waals surface area contributed by atoms with E-state index in [1.54, 1.807) is 6.07 Å². The number of rotatable bonds is 4. The van der Waals surface area contributed by atoms with Gasteiger partial charge in [0.25, 0.3) is 5.89 Å². The van der Waals surface area contributed by atoms with Crippen molar-refractivity contribution in [1.29, 1.82) is 0 Å². The molecule has 1 aliphatic heterocycles. The zero-order valence-corrected chi connectivity index (χ0v) is 16.5. The molecule has 0 saturated carbocycles. The van der Waals surface area contributed by atoms with Gasteiger partial charge in [0, 0.05) is 30.4 Å². The molecule has 3 aromatic rings. The number of hydrogen-bond donors (Lipinski definition) is 0.